The van der Waals surface area contributed by atoms with Crippen molar-refractivity contribution >= 4 is 23.3 Å². The predicted molar refractivity (Wildman–Crippen MR) is 104 cm³/mol. The molecule has 1 aliphatic rings. The van der Waals surface area contributed by atoms with E-state index in [1.807, 2.05) is 19.1 Å². The first-order valence-corrected chi connectivity index (χ1v) is 9.41. The zero-order valence-corrected chi connectivity index (χ0v) is 16.6. The van der Waals surface area contributed by atoms with E-state index in [2.05, 4.69) is 0 Å². The summed E-state index contributed by atoms with van der Waals surface area (Å²) >= 11 is 1.51. The maximum atomic E-state index is 13.2. The van der Waals surface area contributed by atoms with E-state index in [-0.39, 0.29) is 5.82 Å². The van der Waals surface area contributed by atoms with E-state index in [9.17, 15) is 14.0 Å². The summed E-state index contributed by atoms with van der Waals surface area (Å²) in [6.07, 6.45) is 3.34. The molecule has 0 aliphatic carbocycles. The Morgan fingerprint density at radius 2 is 1.57 bits per heavy atom. The van der Waals surface area contributed by atoms with Gasteiger partial charge in [0.15, 0.2) is 0 Å². The highest BCUT2D eigenvalue weighted by Crippen LogP contribution is 2.40. The Kier molecular flexibility index (Phi) is 5.94. The standard InChI is InChI=1S/C21H20FNO4S/c1-13-4-9-18(28-13)19-16(20(24)26-2)11-23(12-17(19)21(25)27-3)10-14-5-7-15(22)8-6-14/h4-9,11-12,19H,10H2,1-3H3. The van der Waals surface area contributed by atoms with Crippen molar-refractivity contribution in [3.05, 3.63) is 81.1 Å². The second kappa shape index (κ2) is 8.39. The number of rotatable bonds is 5. The van der Waals surface area contributed by atoms with Gasteiger partial charge in [0.2, 0.25) is 0 Å². The lowest BCUT2D eigenvalue weighted by Gasteiger charge is -2.29. The lowest BCUT2D eigenvalue weighted by Crippen LogP contribution is -2.28. The van der Waals surface area contributed by atoms with Gasteiger partial charge < -0.3 is 14.4 Å². The minimum absolute atomic E-state index is 0.327. The lowest BCUT2D eigenvalue weighted by atomic mass is 9.88. The van der Waals surface area contributed by atoms with Crippen LogP contribution >= 0.6 is 11.3 Å². The van der Waals surface area contributed by atoms with Gasteiger partial charge in [-0.05, 0) is 36.8 Å². The van der Waals surface area contributed by atoms with Gasteiger partial charge in [0.1, 0.15) is 5.82 Å². The Labute approximate surface area is 166 Å². The zero-order valence-electron chi connectivity index (χ0n) is 15.8. The second-order valence-corrected chi connectivity index (χ2v) is 7.65. The Bertz CT molecular complexity index is 912. The Morgan fingerprint density at radius 1 is 1.00 bits per heavy atom. The van der Waals surface area contributed by atoms with E-state index in [4.69, 9.17) is 9.47 Å². The van der Waals surface area contributed by atoms with Gasteiger partial charge >= 0.3 is 11.9 Å². The van der Waals surface area contributed by atoms with Gasteiger partial charge in [0.25, 0.3) is 0 Å². The predicted octanol–water partition coefficient (Wildman–Crippen LogP) is 3.91. The van der Waals surface area contributed by atoms with E-state index in [0.717, 1.165) is 15.3 Å². The summed E-state index contributed by atoms with van der Waals surface area (Å²) in [5.74, 6) is -1.93. The number of halogens is 1. The molecule has 3 rings (SSSR count). The third-order valence-corrected chi connectivity index (χ3v) is 5.46. The zero-order chi connectivity index (χ0) is 20.3. The first-order valence-electron chi connectivity index (χ1n) is 8.59. The third-order valence-electron chi connectivity index (χ3n) is 4.40. The molecule has 1 aromatic heterocycles. The van der Waals surface area contributed by atoms with Crippen LogP contribution in [0.2, 0.25) is 0 Å². The van der Waals surface area contributed by atoms with E-state index in [1.165, 1.54) is 37.7 Å². The second-order valence-electron chi connectivity index (χ2n) is 6.33. The highest BCUT2D eigenvalue weighted by Gasteiger charge is 2.36. The number of carbonyl (C=O) groups is 2. The third kappa shape index (κ3) is 4.14. The maximum absolute atomic E-state index is 13.2. The number of esters is 2. The number of thiophene rings is 1. The monoisotopic (exact) mass is 401 g/mol. The van der Waals surface area contributed by atoms with Gasteiger partial charge in [-0.25, -0.2) is 14.0 Å². The number of hydrogen-bond donors (Lipinski definition) is 0. The fraction of sp³-hybridized carbons (Fsp3) is 0.238. The number of hydrogen-bond acceptors (Lipinski definition) is 6. The molecule has 0 saturated carbocycles. The van der Waals surface area contributed by atoms with Crippen LogP contribution in [0.1, 0.15) is 21.2 Å². The topological polar surface area (TPSA) is 55.8 Å². The van der Waals surface area contributed by atoms with Crippen molar-refractivity contribution in [1.82, 2.24) is 4.90 Å². The maximum Gasteiger partial charge on any atom is 0.336 e. The molecule has 0 spiro atoms. The minimum Gasteiger partial charge on any atom is -0.466 e. The van der Waals surface area contributed by atoms with Gasteiger partial charge in [0, 0.05) is 28.7 Å². The molecule has 1 aliphatic heterocycles. The highest BCUT2D eigenvalue weighted by atomic mass is 32.1. The molecule has 0 radical (unpaired) electrons. The van der Waals surface area contributed by atoms with Crippen LogP contribution < -0.4 is 0 Å². The Hall–Kier alpha value is -2.93. The molecule has 0 unspecified atom stereocenters. The van der Waals surface area contributed by atoms with Crippen molar-refractivity contribution in [3.63, 3.8) is 0 Å². The molecule has 0 bridgehead atoms. The average Bonchev–Trinajstić information content (AvgIpc) is 3.13. The summed E-state index contributed by atoms with van der Waals surface area (Å²) in [7, 11) is 2.61. The minimum atomic E-state index is -0.567. The average molecular weight is 401 g/mol. The molecule has 146 valence electrons. The van der Waals surface area contributed by atoms with Gasteiger partial charge in [-0.15, -0.1) is 11.3 Å². The molecular formula is C21H20FNO4S. The number of ether oxygens (including phenoxy) is 2. The van der Waals surface area contributed by atoms with Crippen LogP contribution in [-0.2, 0) is 25.6 Å². The quantitative estimate of drug-likeness (QED) is 0.711. The molecule has 7 heteroatoms. The molecule has 0 amide bonds. The SMILES string of the molecule is COC(=O)C1=CN(Cc2ccc(F)cc2)C=C(C(=O)OC)C1c1ccc(C)s1. The van der Waals surface area contributed by atoms with Crippen molar-refractivity contribution in [1.29, 1.82) is 0 Å². The molecule has 2 aromatic rings. The van der Waals surface area contributed by atoms with E-state index < -0.39 is 17.9 Å². The van der Waals surface area contributed by atoms with Crippen LogP contribution in [0.15, 0.2) is 59.9 Å². The summed E-state index contributed by atoms with van der Waals surface area (Å²) < 4.78 is 23.1. The van der Waals surface area contributed by atoms with E-state index >= 15 is 0 Å². The summed E-state index contributed by atoms with van der Waals surface area (Å²) in [6.45, 7) is 2.32. The lowest BCUT2D eigenvalue weighted by molar-refractivity contribution is -0.137. The highest BCUT2D eigenvalue weighted by molar-refractivity contribution is 7.12. The molecule has 0 fully saturated rings. The molecule has 0 saturated heterocycles. The van der Waals surface area contributed by atoms with Crippen molar-refractivity contribution in [2.24, 2.45) is 0 Å². The summed E-state index contributed by atoms with van der Waals surface area (Å²) in [6, 6.07) is 9.88. The van der Waals surface area contributed by atoms with Crippen LogP contribution in [-0.4, -0.2) is 31.1 Å². The first-order chi connectivity index (χ1) is 13.4. The normalized spacial score (nSPS) is 14.4. The fourth-order valence-corrected chi connectivity index (χ4v) is 4.11. The van der Waals surface area contributed by atoms with Gasteiger partial charge in [-0.1, -0.05) is 12.1 Å². The molecule has 0 N–H and O–H groups in total. The summed E-state index contributed by atoms with van der Waals surface area (Å²) in [5, 5.41) is 0. The van der Waals surface area contributed by atoms with Crippen molar-refractivity contribution in [2.45, 2.75) is 19.4 Å². The van der Waals surface area contributed by atoms with Crippen LogP contribution in [0.25, 0.3) is 0 Å². The van der Waals surface area contributed by atoms with Crippen LogP contribution in [0.4, 0.5) is 4.39 Å². The van der Waals surface area contributed by atoms with Crippen molar-refractivity contribution in [3.8, 4) is 0 Å². The van der Waals surface area contributed by atoms with Crippen LogP contribution in [0.5, 0.6) is 0 Å². The first kappa shape index (κ1) is 19.8. The van der Waals surface area contributed by atoms with Gasteiger partial charge in [-0.3, -0.25) is 0 Å². The van der Waals surface area contributed by atoms with E-state index in [1.54, 1.807) is 29.4 Å². The van der Waals surface area contributed by atoms with E-state index in [0.29, 0.717) is 17.7 Å². The Morgan fingerprint density at radius 3 is 2.04 bits per heavy atom. The van der Waals surface area contributed by atoms with Crippen molar-refractivity contribution in [2.75, 3.05) is 14.2 Å². The van der Waals surface area contributed by atoms with Gasteiger partial charge in [-0.2, -0.15) is 0 Å². The Balaban J connectivity index is 2.04. The molecule has 28 heavy (non-hydrogen) atoms. The smallest absolute Gasteiger partial charge is 0.336 e. The van der Waals surface area contributed by atoms with Crippen LogP contribution in [0, 0.1) is 12.7 Å². The summed E-state index contributed by atoms with van der Waals surface area (Å²) in [4.78, 5) is 28.7. The number of nitrogens with zero attached hydrogens (tertiary/aromatic N) is 1. The number of carbonyl (C=O) groups excluding carboxylic acids is 2. The molecule has 0 atom stereocenters. The fourth-order valence-electron chi connectivity index (χ4n) is 3.09. The number of methoxy groups -OCH3 is 2. The molecular weight excluding hydrogens is 381 g/mol. The molecule has 1 aromatic carbocycles. The van der Waals surface area contributed by atoms with Crippen molar-refractivity contribution < 1.29 is 23.5 Å². The van der Waals surface area contributed by atoms with Gasteiger partial charge in [0.05, 0.1) is 31.3 Å². The summed E-state index contributed by atoms with van der Waals surface area (Å²) in [5.41, 5.74) is 1.51. The molecule has 5 nitrogen and oxygen atoms in total. The largest absolute Gasteiger partial charge is 0.466 e. The number of benzene rings is 1. The van der Waals surface area contributed by atoms with Crippen LogP contribution in [0.3, 0.4) is 0 Å². The molecule has 2 heterocycles. The number of aryl methyl sites for hydroxylation is 1.